The van der Waals surface area contributed by atoms with Gasteiger partial charge in [0.05, 0.1) is 28.8 Å². The van der Waals surface area contributed by atoms with Crippen LogP contribution in [0.5, 0.6) is 11.5 Å². The van der Waals surface area contributed by atoms with Gasteiger partial charge in [-0.15, -0.1) is 0 Å². The van der Waals surface area contributed by atoms with Crippen molar-refractivity contribution in [3.63, 3.8) is 0 Å². The van der Waals surface area contributed by atoms with Crippen LogP contribution in [-0.4, -0.2) is 42.2 Å². The van der Waals surface area contributed by atoms with E-state index in [0.717, 1.165) is 33.1 Å². The van der Waals surface area contributed by atoms with Crippen LogP contribution in [0.1, 0.15) is 18.9 Å². The normalized spacial score (nSPS) is 14.8. The molecule has 0 saturated carbocycles. The number of hydrogen-bond donors (Lipinski definition) is 1. The van der Waals surface area contributed by atoms with E-state index < -0.39 is 17.1 Å². The molecule has 0 spiro atoms. The number of methoxy groups -OCH3 is 1. The summed E-state index contributed by atoms with van der Waals surface area (Å²) >= 11 is 4.26. The zero-order chi connectivity index (χ0) is 22.4. The van der Waals surface area contributed by atoms with Crippen molar-refractivity contribution in [3.05, 3.63) is 57.4 Å². The highest BCUT2D eigenvalue weighted by molar-refractivity contribution is 9.10. The maximum atomic E-state index is 12.7. The van der Waals surface area contributed by atoms with Crippen molar-refractivity contribution in [2.24, 2.45) is 0 Å². The summed E-state index contributed by atoms with van der Waals surface area (Å²) in [6.07, 6.45) is 2.52. The molecule has 9 heteroatoms. The lowest BCUT2D eigenvalue weighted by atomic mass is 10.2. The highest BCUT2D eigenvalue weighted by Gasteiger charge is 2.36. The summed E-state index contributed by atoms with van der Waals surface area (Å²) in [5, 5.41) is 2.17. The molecule has 7 nitrogen and oxygen atoms in total. The number of para-hydroxylation sites is 2. The number of benzene rings is 2. The molecule has 3 rings (SSSR count). The van der Waals surface area contributed by atoms with Crippen LogP contribution in [0.15, 0.2) is 51.8 Å². The predicted octanol–water partition coefficient (Wildman–Crippen LogP) is 4.92. The maximum Gasteiger partial charge on any atom is 0.294 e. The molecule has 0 unspecified atom stereocenters. The first-order valence-corrected chi connectivity index (χ1v) is 11.1. The van der Waals surface area contributed by atoms with E-state index in [9.17, 15) is 14.4 Å². The first kappa shape index (κ1) is 22.9. The SMILES string of the molecule is CCCOc1ccc(/C=C2\SC(=O)N(CC(=O)Nc3ccccc3OC)C2=O)cc1Br. The fraction of sp³-hybridized carbons (Fsp3) is 0.227. The number of nitrogens with zero attached hydrogens (tertiary/aromatic N) is 1. The second-order valence-electron chi connectivity index (χ2n) is 6.55. The monoisotopic (exact) mass is 504 g/mol. The van der Waals surface area contributed by atoms with Crippen molar-refractivity contribution in [1.29, 1.82) is 0 Å². The second-order valence-corrected chi connectivity index (χ2v) is 8.40. The molecule has 0 radical (unpaired) electrons. The smallest absolute Gasteiger partial charge is 0.294 e. The number of carbonyl (C=O) groups excluding carboxylic acids is 3. The van der Waals surface area contributed by atoms with Crippen molar-refractivity contribution >= 4 is 56.5 Å². The van der Waals surface area contributed by atoms with Crippen LogP contribution in [0, 0.1) is 0 Å². The highest BCUT2D eigenvalue weighted by Crippen LogP contribution is 2.34. The lowest BCUT2D eigenvalue weighted by molar-refractivity contribution is -0.127. The summed E-state index contributed by atoms with van der Waals surface area (Å²) in [5.74, 6) is 0.197. The Morgan fingerprint density at radius 3 is 2.68 bits per heavy atom. The number of amides is 3. The van der Waals surface area contributed by atoms with Crippen molar-refractivity contribution in [3.8, 4) is 11.5 Å². The molecule has 2 aromatic carbocycles. The fourth-order valence-electron chi connectivity index (χ4n) is 2.80. The molecule has 3 amide bonds. The van der Waals surface area contributed by atoms with Gasteiger partial charge in [0.1, 0.15) is 18.0 Å². The molecule has 2 aromatic rings. The molecule has 0 aliphatic carbocycles. The van der Waals surface area contributed by atoms with Crippen LogP contribution < -0.4 is 14.8 Å². The van der Waals surface area contributed by atoms with Gasteiger partial charge >= 0.3 is 0 Å². The molecular weight excluding hydrogens is 484 g/mol. The van der Waals surface area contributed by atoms with E-state index in [0.29, 0.717) is 23.8 Å². The topological polar surface area (TPSA) is 84.9 Å². The van der Waals surface area contributed by atoms with Gasteiger partial charge in [0, 0.05) is 0 Å². The fourth-order valence-corrected chi connectivity index (χ4v) is 4.15. The average molecular weight is 505 g/mol. The second kappa shape index (κ2) is 10.5. The highest BCUT2D eigenvalue weighted by atomic mass is 79.9. The van der Waals surface area contributed by atoms with E-state index in [4.69, 9.17) is 9.47 Å². The Bertz CT molecular complexity index is 1040. The molecule has 0 bridgehead atoms. The molecule has 1 saturated heterocycles. The molecule has 1 N–H and O–H groups in total. The summed E-state index contributed by atoms with van der Waals surface area (Å²) in [5.41, 5.74) is 1.20. The van der Waals surface area contributed by atoms with E-state index in [-0.39, 0.29) is 11.4 Å². The van der Waals surface area contributed by atoms with Gasteiger partial charge in [0.15, 0.2) is 0 Å². The minimum Gasteiger partial charge on any atom is -0.495 e. The van der Waals surface area contributed by atoms with E-state index in [1.54, 1.807) is 42.5 Å². The molecule has 0 aromatic heterocycles. The summed E-state index contributed by atoms with van der Waals surface area (Å²) in [7, 11) is 1.49. The number of nitrogens with one attached hydrogen (secondary N) is 1. The first-order chi connectivity index (χ1) is 14.9. The number of rotatable bonds is 8. The Hall–Kier alpha value is -2.78. The minimum absolute atomic E-state index is 0.254. The molecular formula is C22H21BrN2O5S. The number of halogens is 1. The Balaban J connectivity index is 1.69. The van der Waals surface area contributed by atoms with Crippen LogP contribution in [0.4, 0.5) is 10.5 Å². The van der Waals surface area contributed by atoms with E-state index >= 15 is 0 Å². The number of anilines is 1. The molecule has 1 aliphatic rings. The number of ether oxygens (including phenoxy) is 2. The molecule has 162 valence electrons. The molecule has 0 atom stereocenters. The van der Waals surface area contributed by atoms with Gasteiger partial charge in [0.2, 0.25) is 5.91 Å². The summed E-state index contributed by atoms with van der Waals surface area (Å²) in [4.78, 5) is 38.6. The maximum absolute atomic E-state index is 12.7. The predicted molar refractivity (Wildman–Crippen MR) is 124 cm³/mol. The van der Waals surface area contributed by atoms with Gasteiger partial charge in [-0.25, -0.2) is 0 Å². The first-order valence-electron chi connectivity index (χ1n) is 9.53. The number of imide groups is 1. The Labute approximate surface area is 192 Å². The van der Waals surface area contributed by atoms with Crippen LogP contribution in [-0.2, 0) is 9.59 Å². The molecule has 31 heavy (non-hydrogen) atoms. The standard InChI is InChI=1S/C22H21BrN2O5S/c1-3-10-30-17-9-8-14(11-15(17)23)12-19-21(27)25(22(28)31-19)13-20(26)24-16-6-4-5-7-18(16)29-2/h4-9,11-12H,3,10,13H2,1-2H3,(H,24,26)/b19-12-. The van der Waals surface area contributed by atoms with Crippen molar-refractivity contribution in [2.45, 2.75) is 13.3 Å². The summed E-state index contributed by atoms with van der Waals surface area (Å²) < 4.78 is 11.6. The van der Waals surface area contributed by atoms with Gasteiger partial charge < -0.3 is 14.8 Å². The van der Waals surface area contributed by atoms with Gasteiger partial charge in [-0.3, -0.25) is 19.3 Å². The lowest BCUT2D eigenvalue weighted by Crippen LogP contribution is -2.36. The lowest BCUT2D eigenvalue weighted by Gasteiger charge is -2.14. The zero-order valence-corrected chi connectivity index (χ0v) is 19.4. The van der Waals surface area contributed by atoms with Gasteiger partial charge in [-0.05, 0) is 70.0 Å². The van der Waals surface area contributed by atoms with Crippen LogP contribution in [0.25, 0.3) is 6.08 Å². The van der Waals surface area contributed by atoms with Gasteiger partial charge in [-0.1, -0.05) is 25.1 Å². The van der Waals surface area contributed by atoms with Crippen LogP contribution in [0.2, 0.25) is 0 Å². The Morgan fingerprint density at radius 1 is 1.19 bits per heavy atom. The largest absolute Gasteiger partial charge is 0.495 e. The molecule has 1 heterocycles. The van der Waals surface area contributed by atoms with E-state index in [1.165, 1.54) is 7.11 Å². The van der Waals surface area contributed by atoms with E-state index in [1.807, 2.05) is 13.0 Å². The average Bonchev–Trinajstić information content (AvgIpc) is 3.01. The minimum atomic E-state index is -0.507. The zero-order valence-electron chi connectivity index (χ0n) is 17.0. The van der Waals surface area contributed by atoms with Crippen molar-refractivity contribution < 1.29 is 23.9 Å². The van der Waals surface area contributed by atoms with Crippen LogP contribution >= 0.6 is 27.7 Å². The van der Waals surface area contributed by atoms with E-state index in [2.05, 4.69) is 21.2 Å². The Morgan fingerprint density at radius 2 is 1.97 bits per heavy atom. The van der Waals surface area contributed by atoms with Gasteiger partial charge in [0.25, 0.3) is 11.1 Å². The number of thioether (sulfide) groups is 1. The third-order valence-corrected chi connectivity index (χ3v) is 5.80. The Kier molecular flexibility index (Phi) is 7.75. The van der Waals surface area contributed by atoms with Crippen LogP contribution in [0.3, 0.4) is 0 Å². The van der Waals surface area contributed by atoms with Gasteiger partial charge in [-0.2, -0.15) is 0 Å². The summed E-state index contributed by atoms with van der Waals surface area (Å²) in [6.45, 7) is 2.25. The molecule has 1 aliphatic heterocycles. The third-order valence-electron chi connectivity index (χ3n) is 4.27. The molecule has 1 fully saturated rings. The third kappa shape index (κ3) is 5.68. The van der Waals surface area contributed by atoms with Crippen molar-refractivity contribution in [1.82, 2.24) is 4.90 Å². The number of carbonyl (C=O) groups is 3. The van der Waals surface area contributed by atoms with Crippen molar-refractivity contribution in [2.75, 3.05) is 25.6 Å². The quantitative estimate of drug-likeness (QED) is 0.513. The number of hydrogen-bond acceptors (Lipinski definition) is 6. The summed E-state index contributed by atoms with van der Waals surface area (Å²) in [6, 6.07) is 12.3.